The molecule has 0 saturated carbocycles. The second-order valence-electron chi connectivity index (χ2n) is 2.03. The molecule has 1 aromatic rings. The molecule has 1 heterocycles. The van der Waals surface area contributed by atoms with E-state index in [1.165, 1.54) is 19.4 Å². The molecule has 0 amide bonds. The van der Waals surface area contributed by atoms with E-state index in [-0.39, 0.29) is 17.4 Å². The molecule has 0 unspecified atom stereocenters. The monoisotopic (exact) mass is 179 g/mol. The highest BCUT2D eigenvalue weighted by Crippen LogP contribution is 1.97. The minimum Gasteiger partial charge on any atom is -0.398 e. The zero-order valence-electron chi connectivity index (χ0n) is 6.89. The van der Waals surface area contributed by atoms with E-state index in [2.05, 4.69) is 20.0 Å². The van der Waals surface area contributed by atoms with Crippen LogP contribution in [0.1, 0.15) is 5.82 Å². The third kappa shape index (κ3) is 2.22. The molecule has 0 aliphatic rings. The quantitative estimate of drug-likeness (QED) is 0.499. The van der Waals surface area contributed by atoms with Crippen LogP contribution in [0.3, 0.4) is 0 Å². The molecule has 0 aromatic carbocycles. The average Bonchev–Trinajstić information content (AvgIpc) is 2.14. The van der Waals surface area contributed by atoms with Crippen LogP contribution in [0.25, 0.3) is 0 Å². The first-order valence-electron chi connectivity index (χ1n) is 3.36. The summed E-state index contributed by atoms with van der Waals surface area (Å²) in [5.74, 6) is 0.348. The fourth-order valence-corrected chi connectivity index (χ4v) is 0.683. The molecule has 0 saturated heterocycles. The van der Waals surface area contributed by atoms with Gasteiger partial charge < -0.3 is 10.6 Å². The van der Waals surface area contributed by atoms with Crippen LogP contribution in [-0.4, -0.2) is 29.1 Å². The Balaban J connectivity index is 3.05. The number of nitrogen functional groups attached to an aromatic ring is 1. The third-order valence-corrected chi connectivity index (χ3v) is 1.17. The van der Waals surface area contributed by atoms with Crippen molar-refractivity contribution in [2.45, 2.75) is 0 Å². The Morgan fingerprint density at radius 3 is 3.08 bits per heavy atom. The molecule has 0 atom stereocenters. The van der Waals surface area contributed by atoms with Gasteiger partial charge in [0, 0.05) is 6.20 Å². The summed E-state index contributed by atoms with van der Waals surface area (Å²) in [5.41, 5.74) is 5.25. The Hall–Kier alpha value is -1.98. The zero-order valence-corrected chi connectivity index (χ0v) is 6.89. The lowest BCUT2D eigenvalue weighted by molar-refractivity contribution is 0.214. The lowest BCUT2D eigenvalue weighted by Gasteiger charge is -1.96. The second-order valence-corrected chi connectivity index (χ2v) is 2.03. The van der Waals surface area contributed by atoms with Crippen molar-refractivity contribution in [2.24, 2.45) is 5.16 Å². The lowest BCUT2D eigenvalue weighted by Crippen LogP contribution is -2.09. The number of nitrogens with two attached hydrogens (primary N) is 1. The Morgan fingerprint density at radius 1 is 1.77 bits per heavy atom. The van der Waals surface area contributed by atoms with Crippen LogP contribution in [0.2, 0.25) is 0 Å². The number of hydrogen-bond acceptors (Lipinski definition) is 6. The van der Waals surface area contributed by atoms with Crippen LogP contribution >= 0.6 is 0 Å². The maximum Gasteiger partial charge on any atom is 0.261 e. The molecule has 1 aromatic heterocycles. The fourth-order valence-electron chi connectivity index (χ4n) is 0.683. The van der Waals surface area contributed by atoms with Gasteiger partial charge in [0.2, 0.25) is 0 Å². The first kappa shape index (κ1) is 9.11. The van der Waals surface area contributed by atoms with Gasteiger partial charge in [-0.3, -0.25) is 4.79 Å². The molecule has 0 spiro atoms. The van der Waals surface area contributed by atoms with E-state index in [0.717, 1.165) is 0 Å². The minimum absolute atomic E-state index is 0.0943. The molecule has 6 nitrogen and oxygen atoms in total. The summed E-state index contributed by atoms with van der Waals surface area (Å²) in [6, 6.07) is 1.50. The summed E-state index contributed by atoms with van der Waals surface area (Å²) in [7, 11) is 1.31. The number of nitrogens with zero attached hydrogens (tertiary/aromatic N) is 3. The predicted molar refractivity (Wildman–Crippen MR) is 45.7 cm³/mol. The molecule has 0 aliphatic heterocycles. The van der Waals surface area contributed by atoms with Crippen LogP contribution < -0.4 is 5.73 Å². The minimum atomic E-state index is -0.116. The summed E-state index contributed by atoms with van der Waals surface area (Å²) in [6.45, 7) is 0. The van der Waals surface area contributed by atoms with Gasteiger partial charge in [-0.15, -0.1) is 0 Å². The number of carbonyl (C=O) groups excluding carboxylic acids is 1. The van der Waals surface area contributed by atoms with E-state index < -0.39 is 0 Å². The van der Waals surface area contributed by atoms with Gasteiger partial charge in [-0.25, -0.2) is 9.97 Å². The van der Waals surface area contributed by atoms with E-state index >= 15 is 0 Å². The molecule has 1 radical (unpaired) electrons. The third-order valence-electron chi connectivity index (χ3n) is 1.17. The fraction of sp³-hybridized carbons (Fsp3) is 0.143. The van der Waals surface area contributed by atoms with Crippen molar-refractivity contribution < 1.29 is 9.63 Å². The maximum atomic E-state index is 10.4. The van der Waals surface area contributed by atoms with Crippen molar-refractivity contribution in [2.75, 3.05) is 12.8 Å². The summed E-state index contributed by atoms with van der Waals surface area (Å²) in [5, 5.41) is 3.37. The van der Waals surface area contributed by atoms with E-state index in [1.807, 2.05) is 0 Å². The molecule has 0 fully saturated rings. The average molecular weight is 179 g/mol. The van der Waals surface area contributed by atoms with E-state index in [0.29, 0.717) is 0 Å². The number of hydrogen-bond donors (Lipinski definition) is 1. The van der Waals surface area contributed by atoms with Gasteiger partial charge in [0.25, 0.3) is 6.29 Å². The highest BCUT2D eigenvalue weighted by molar-refractivity contribution is 6.35. The SMILES string of the molecule is CO/N=C(\[C]=O)c1nccc(N)n1. The maximum absolute atomic E-state index is 10.4. The highest BCUT2D eigenvalue weighted by Gasteiger charge is 2.07. The lowest BCUT2D eigenvalue weighted by atomic mass is 10.4. The van der Waals surface area contributed by atoms with Gasteiger partial charge in [0.15, 0.2) is 11.5 Å². The van der Waals surface area contributed by atoms with Gasteiger partial charge in [-0.05, 0) is 6.07 Å². The van der Waals surface area contributed by atoms with Crippen molar-refractivity contribution >= 4 is 17.8 Å². The molecule has 13 heavy (non-hydrogen) atoms. The normalized spacial score (nSPS) is 11.0. The molecule has 6 heteroatoms. The van der Waals surface area contributed by atoms with Crippen molar-refractivity contribution in [3.63, 3.8) is 0 Å². The molecule has 1 rings (SSSR count). The second kappa shape index (κ2) is 4.15. The first-order chi connectivity index (χ1) is 6.27. The number of rotatable bonds is 3. The van der Waals surface area contributed by atoms with Crippen molar-refractivity contribution in [3.05, 3.63) is 18.1 Å². The van der Waals surface area contributed by atoms with Crippen molar-refractivity contribution in [1.29, 1.82) is 0 Å². The number of anilines is 1. The van der Waals surface area contributed by atoms with Crippen LogP contribution in [0.5, 0.6) is 0 Å². The van der Waals surface area contributed by atoms with E-state index in [4.69, 9.17) is 5.73 Å². The standard InChI is InChI=1S/C7H7N4O2/c1-13-11-5(4-12)7-9-3-2-6(8)10-7/h2-3H,1H3,(H2,8,9,10)/b11-5+. The largest absolute Gasteiger partial charge is 0.398 e. The molecule has 2 N–H and O–H groups in total. The van der Waals surface area contributed by atoms with E-state index in [1.54, 1.807) is 6.29 Å². The Bertz CT molecular complexity index is 337. The topological polar surface area (TPSA) is 90.5 Å². The van der Waals surface area contributed by atoms with Gasteiger partial charge in [0.05, 0.1) is 0 Å². The Labute approximate surface area is 74.4 Å². The number of oxime groups is 1. The van der Waals surface area contributed by atoms with Gasteiger partial charge >= 0.3 is 0 Å². The van der Waals surface area contributed by atoms with Crippen LogP contribution in [0.4, 0.5) is 5.82 Å². The molecular formula is C7H7N4O2. The predicted octanol–water partition coefficient (Wildman–Crippen LogP) is -0.481. The van der Waals surface area contributed by atoms with Crippen LogP contribution in [0.15, 0.2) is 17.4 Å². The van der Waals surface area contributed by atoms with Crippen molar-refractivity contribution in [1.82, 2.24) is 9.97 Å². The van der Waals surface area contributed by atoms with Crippen LogP contribution in [0, 0.1) is 0 Å². The van der Waals surface area contributed by atoms with Gasteiger partial charge in [-0.1, -0.05) is 5.16 Å². The van der Waals surface area contributed by atoms with Gasteiger partial charge in [0.1, 0.15) is 12.9 Å². The summed E-state index contributed by atoms with van der Waals surface area (Å²) in [4.78, 5) is 22.3. The van der Waals surface area contributed by atoms with Crippen LogP contribution in [-0.2, 0) is 9.63 Å². The number of aromatic nitrogens is 2. The molecule has 0 aliphatic carbocycles. The highest BCUT2D eigenvalue weighted by atomic mass is 16.6. The molecular weight excluding hydrogens is 172 g/mol. The summed E-state index contributed by atoms with van der Waals surface area (Å²) < 4.78 is 0. The van der Waals surface area contributed by atoms with Gasteiger partial charge in [-0.2, -0.15) is 0 Å². The van der Waals surface area contributed by atoms with Crippen molar-refractivity contribution in [3.8, 4) is 0 Å². The summed E-state index contributed by atoms with van der Waals surface area (Å²) >= 11 is 0. The Kier molecular flexibility index (Phi) is 2.91. The first-order valence-corrected chi connectivity index (χ1v) is 3.36. The summed E-state index contributed by atoms with van der Waals surface area (Å²) in [6.07, 6.45) is 2.96. The molecule has 0 bridgehead atoms. The smallest absolute Gasteiger partial charge is 0.261 e. The Morgan fingerprint density at radius 2 is 2.54 bits per heavy atom. The van der Waals surface area contributed by atoms with E-state index in [9.17, 15) is 4.79 Å². The zero-order chi connectivity index (χ0) is 9.68. The molecule has 67 valence electrons.